The molecule has 4 rings (SSSR count). The first-order valence-electron chi connectivity index (χ1n) is 9.57. The van der Waals surface area contributed by atoms with Crippen molar-refractivity contribution in [3.63, 3.8) is 0 Å². The summed E-state index contributed by atoms with van der Waals surface area (Å²) in [4.78, 5) is 30.8. The Kier molecular flexibility index (Phi) is 4.92. The van der Waals surface area contributed by atoms with E-state index >= 15 is 0 Å². The lowest BCUT2D eigenvalue weighted by atomic mass is 9.93. The highest BCUT2D eigenvalue weighted by molar-refractivity contribution is 5.82. The summed E-state index contributed by atoms with van der Waals surface area (Å²) in [6.07, 6.45) is 5.43. The van der Waals surface area contributed by atoms with E-state index in [1.165, 1.54) is 17.5 Å². The number of likely N-dealkylation sites (tertiary alicyclic amines) is 1. The Morgan fingerprint density at radius 1 is 1.19 bits per heavy atom. The van der Waals surface area contributed by atoms with Crippen molar-refractivity contribution in [1.29, 1.82) is 0 Å². The number of rotatable bonds is 6. The van der Waals surface area contributed by atoms with Crippen molar-refractivity contribution in [3.8, 4) is 0 Å². The van der Waals surface area contributed by atoms with Crippen LogP contribution in [0.1, 0.15) is 36.3 Å². The lowest BCUT2D eigenvalue weighted by molar-refractivity contribution is -0.131. The molecule has 2 unspecified atom stereocenters. The molecule has 0 spiro atoms. The summed E-state index contributed by atoms with van der Waals surface area (Å²) in [7, 11) is 0. The third-order valence-electron chi connectivity index (χ3n) is 5.48. The molecule has 1 saturated heterocycles. The monoisotopic (exact) mass is 367 g/mol. The number of benzene rings is 1. The zero-order chi connectivity index (χ0) is 18.8. The van der Waals surface area contributed by atoms with E-state index in [2.05, 4.69) is 46.6 Å². The first-order valence-corrected chi connectivity index (χ1v) is 9.57. The smallest absolute Gasteiger partial charge is 0.224 e. The van der Waals surface area contributed by atoms with Gasteiger partial charge in [0.1, 0.15) is 12.7 Å². The van der Waals surface area contributed by atoms with Crippen LogP contribution in [-0.2, 0) is 16.1 Å². The molecule has 27 heavy (non-hydrogen) atoms. The van der Waals surface area contributed by atoms with E-state index < -0.39 is 0 Å². The zero-order valence-electron chi connectivity index (χ0n) is 15.5. The number of amides is 2. The Hall–Kier alpha value is -2.70. The Balaban J connectivity index is 1.44. The van der Waals surface area contributed by atoms with Gasteiger partial charge < -0.3 is 10.2 Å². The predicted molar refractivity (Wildman–Crippen MR) is 99.8 cm³/mol. The van der Waals surface area contributed by atoms with E-state index in [1.807, 2.05) is 4.90 Å². The van der Waals surface area contributed by atoms with Gasteiger partial charge in [0.05, 0.1) is 12.6 Å². The van der Waals surface area contributed by atoms with Gasteiger partial charge in [-0.3, -0.25) is 14.3 Å². The van der Waals surface area contributed by atoms with E-state index in [9.17, 15) is 9.59 Å². The maximum absolute atomic E-state index is 12.7. The SMILES string of the molecule is Cc1ccc(C2CN(C(=O)CCn3cncn3)CC2NC(=O)C2CC2)cc1. The molecule has 7 nitrogen and oxygen atoms in total. The topological polar surface area (TPSA) is 80.1 Å². The predicted octanol–water partition coefficient (Wildman–Crippen LogP) is 1.50. The fraction of sp³-hybridized carbons (Fsp3) is 0.500. The summed E-state index contributed by atoms with van der Waals surface area (Å²) in [5, 5.41) is 7.24. The number of carbonyl (C=O) groups is 2. The largest absolute Gasteiger partial charge is 0.351 e. The number of aryl methyl sites for hydroxylation is 2. The molecular formula is C20H25N5O2. The van der Waals surface area contributed by atoms with Crippen LogP contribution in [0.25, 0.3) is 0 Å². The minimum atomic E-state index is -0.0314. The summed E-state index contributed by atoms with van der Waals surface area (Å²) < 4.78 is 1.66. The molecule has 1 saturated carbocycles. The molecule has 1 aliphatic heterocycles. The number of hydrogen-bond donors (Lipinski definition) is 1. The molecule has 2 atom stereocenters. The van der Waals surface area contributed by atoms with Gasteiger partial charge in [-0.2, -0.15) is 5.10 Å². The molecule has 7 heteroatoms. The molecule has 1 aromatic carbocycles. The number of nitrogens with zero attached hydrogens (tertiary/aromatic N) is 4. The van der Waals surface area contributed by atoms with E-state index in [1.54, 1.807) is 11.0 Å². The normalized spacial score (nSPS) is 22.0. The van der Waals surface area contributed by atoms with E-state index in [0.717, 1.165) is 12.8 Å². The molecule has 0 radical (unpaired) electrons. The highest BCUT2D eigenvalue weighted by Crippen LogP contribution is 2.32. The van der Waals surface area contributed by atoms with Crippen molar-refractivity contribution in [1.82, 2.24) is 25.0 Å². The number of nitrogens with one attached hydrogen (secondary N) is 1. The summed E-state index contributed by atoms with van der Waals surface area (Å²) in [5.74, 6) is 0.518. The van der Waals surface area contributed by atoms with Gasteiger partial charge in [0.2, 0.25) is 11.8 Å². The Morgan fingerprint density at radius 3 is 2.63 bits per heavy atom. The lowest BCUT2D eigenvalue weighted by Gasteiger charge is -2.20. The van der Waals surface area contributed by atoms with Gasteiger partial charge in [0, 0.05) is 31.3 Å². The molecule has 2 fully saturated rings. The second-order valence-corrected chi connectivity index (χ2v) is 7.61. The third kappa shape index (κ3) is 4.18. The van der Waals surface area contributed by atoms with Crippen LogP contribution in [0.15, 0.2) is 36.9 Å². The maximum atomic E-state index is 12.7. The van der Waals surface area contributed by atoms with Crippen LogP contribution in [0.5, 0.6) is 0 Å². The Morgan fingerprint density at radius 2 is 1.96 bits per heavy atom. The lowest BCUT2D eigenvalue weighted by Crippen LogP contribution is -2.41. The van der Waals surface area contributed by atoms with Gasteiger partial charge in [-0.25, -0.2) is 4.98 Å². The van der Waals surface area contributed by atoms with E-state index in [-0.39, 0.29) is 29.7 Å². The molecule has 2 heterocycles. The highest BCUT2D eigenvalue weighted by Gasteiger charge is 2.39. The standard InChI is InChI=1S/C20H25N5O2/c1-14-2-4-15(5-3-14)17-10-24(11-18(17)23-20(27)16-6-7-16)19(26)8-9-25-13-21-12-22-25/h2-5,12-13,16-18H,6-11H2,1H3,(H,23,27). The minimum Gasteiger partial charge on any atom is -0.351 e. The van der Waals surface area contributed by atoms with Crippen LogP contribution in [0.3, 0.4) is 0 Å². The molecule has 1 N–H and O–H groups in total. The summed E-state index contributed by atoms with van der Waals surface area (Å²) >= 11 is 0. The van der Waals surface area contributed by atoms with E-state index in [0.29, 0.717) is 26.1 Å². The highest BCUT2D eigenvalue weighted by atomic mass is 16.2. The van der Waals surface area contributed by atoms with Gasteiger partial charge in [0.25, 0.3) is 0 Å². The van der Waals surface area contributed by atoms with Crippen molar-refractivity contribution in [2.45, 2.75) is 44.7 Å². The van der Waals surface area contributed by atoms with Crippen LogP contribution in [0, 0.1) is 12.8 Å². The molecule has 2 aliphatic rings. The zero-order valence-corrected chi connectivity index (χ0v) is 15.5. The molecule has 1 aromatic heterocycles. The van der Waals surface area contributed by atoms with Crippen molar-refractivity contribution < 1.29 is 9.59 Å². The quantitative estimate of drug-likeness (QED) is 0.839. The fourth-order valence-electron chi connectivity index (χ4n) is 3.67. The van der Waals surface area contributed by atoms with Crippen LogP contribution in [0.4, 0.5) is 0 Å². The maximum Gasteiger partial charge on any atom is 0.224 e. The second kappa shape index (κ2) is 7.50. The van der Waals surface area contributed by atoms with Crippen molar-refractivity contribution in [2.24, 2.45) is 5.92 Å². The first kappa shape index (κ1) is 17.7. The third-order valence-corrected chi connectivity index (χ3v) is 5.48. The molecule has 1 aliphatic carbocycles. The number of hydrogen-bond acceptors (Lipinski definition) is 4. The number of aromatic nitrogens is 3. The van der Waals surface area contributed by atoms with Crippen molar-refractivity contribution >= 4 is 11.8 Å². The van der Waals surface area contributed by atoms with Crippen molar-refractivity contribution in [2.75, 3.05) is 13.1 Å². The van der Waals surface area contributed by atoms with Gasteiger partial charge in [-0.05, 0) is 25.3 Å². The molecule has 2 amide bonds. The van der Waals surface area contributed by atoms with Crippen LogP contribution < -0.4 is 5.32 Å². The second-order valence-electron chi connectivity index (χ2n) is 7.61. The average Bonchev–Trinajstić information content (AvgIpc) is 3.23. The minimum absolute atomic E-state index is 0.0314. The van der Waals surface area contributed by atoms with E-state index in [4.69, 9.17) is 0 Å². The van der Waals surface area contributed by atoms with Crippen LogP contribution in [-0.4, -0.2) is 50.6 Å². The summed E-state index contributed by atoms with van der Waals surface area (Å²) in [6, 6.07) is 8.37. The summed E-state index contributed by atoms with van der Waals surface area (Å²) in [5.41, 5.74) is 2.38. The summed E-state index contributed by atoms with van der Waals surface area (Å²) in [6.45, 7) is 3.77. The van der Waals surface area contributed by atoms with Gasteiger partial charge in [0.15, 0.2) is 0 Å². The Labute approximate surface area is 158 Å². The van der Waals surface area contributed by atoms with Gasteiger partial charge >= 0.3 is 0 Å². The number of carbonyl (C=O) groups excluding carboxylic acids is 2. The van der Waals surface area contributed by atoms with Crippen molar-refractivity contribution in [3.05, 3.63) is 48.0 Å². The van der Waals surface area contributed by atoms with Gasteiger partial charge in [-0.1, -0.05) is 29.8 Å². The molecule has 142 valence electrons. The first-order chi connectivity index (χ1) is 13.1. The fourth-order valence-corrected chi connectivity index (χ4v) is 3.67. The average molecular weight is 367 g/mol. The Bertz CT molecular complexity index is 798. The van der Waals surface area contributed by atoms with Gasteiger partial charge in [-0.15, -0.1) is 0 Å². The molecule has 0 bridgehead atoms. The van der Waals surface area contributed by atoms with Crippen LogP contribution >= 0.6 is 0 Å². The molecular weight excluding hydrogens is 342 g/mol. The molecule has 2 aromatic rings. The van der Waals surface area contributed by atoms with Crippen LogP contribution in [0.2, 0.25) is 0 Å².